The third kappa shape index (κ3) is 4.04. The minimum Gasteiger partial charge on any atom is -0.496 e. The Bertz CT molecular complexity index is 1100. The van der Waals surface area contributed by atoms with E-state index in [0.29, 0.717) is 23.0 Å². The Morgan fingerprint density at radius 1 is 0.897 bits per heavy atom. The molecule has 0 saturated heterocycles. The summed E-state index contributed by atoms with van der Waals surface area (Å²) in [5.41, 5.74) is 2.41. The van der Waals surface area contributed by atoms with Crippen molar-refractivity contribution in [3.8, 4) is 28.5 Å². The van der Waals surface area contributed by atoms with Gasteiger partial charge in [0.25, 0.3) is 0 Å². The highest BCUT2D eigenvalue weighted by Gasteiger charge is 2.25. The molecule has 4 aromatic rings. The van der Waals surface area contributed by atoms with Gasteiger partial charge in [-0.05, 0) is 29.8 Å². The number of rotatable bonds is 6. The van der Waals surface area contributed by atoms with Crippen LogP contribution in [0.4, 0.5) is 0 Å². The van der Waals surface area contributed by atoms with E-state index in [2.05, 4.69) is 4.98 Å². The average molecular weight is 385 g/mol. The van der Waals surface area contributed by atoms with E-state index in [0.717, 1.165) is 11.1 Å². The lowest BCUT2D eigenvalue weighted by atomic mass is 10.1. The van der Waals surface area contributed by atoms with Crippen molar-refractivity contribution in [1.82, 2.24) is 4.98 Å². The predicted octanol–water partition coefficient (Wildman–Crippen LogP) is 5.37. The molecular weight excluding hydrogens is 366 g/mol. The van der Waals surface area contributed by atoms with Gasteiger partial charge in [-0.25, -0.2) is 9.78 Å². The predicted molar refractivity (Wildman–Crippen MR) is 109 cm³/mol. The summed E-state index contributed by atoms with van der Waals surface area (Å²) in [6.07, 6.45) is 0. The van der Waals surface area contributed by atoms with Crippen LogP contribution in [0.3, 0.4) is 0 Å². The molecule has 0 spiro atoms. The molecule has 5 nitrogen and oxygen atoms in total. The van der Waals surface area contributed by atoms with Crippen molar-refractivity contribution in [1.29, 1.82) is 0 Å². The number of carbonyl (C=O) groups excluding carboxylic acids is 1. The monoisotopic (exact) mass is 385 g/mol. The number of carbonyl (C=O) groups is 1. The molecule has 1 heterocycles. The zero-order valence-corrected chi connectivity index (χ0v) is 15.9. The summed E-state index contributed by atoms with van der Waals surface area (Å²) in [5.74, 6) is 0.693. The van der Waals surface area contributed by atoms with Gasteiger partial charge in [0.15, 0.2) is 11.5 Å². The molecule has 0 aliphatic carbocycles. The van der Waals surface area contributed by atoms with Gasteiger partial charge in [0.2, 0.25) is 5.89 Å². The van der Waals surface area contributed by atoms with E-state index in [9.17, 15) is 4.79 Å². The molecule has 0 amide bonds. The van der Waals surface area contributed by atoms with Crippen LogP contribution in [-0.4, -0.2) is 18.1 Å². The van der Waals surface area contributed by atoms with Crippen LogP contribution in [0.2, 0.25) is 0 Å². The van der Waals surface area contributed by atoms with Crippen LogP contribution in [0.15, 0.2) is 89.3 Å². The van der Waals surface area contributed by atoms with Gasteiger partial charge in [-0.3, -0.25) is 0 Å². The lowest BCUT2D eigenvalue weighted by Gasteiger charge is -2.07. The molecule has 0 N–H and O–H groups in total. The fraction of sp³-hybridized carbons (Fsp3) is 0.0833. The third-order valence-electron chi connectivity index (χ3n) is 4.41. The first-order chi connectivity index (χ1) is 14.3. The highest BCUT2D eigenvalue weighted by atomic mass is 16.5. The van der Waals surface area contributed by atoms with E-state index >= 15 is 0 Å². The smallest absolute Gasteiger partial charge is 0.361 e. The van der Waals surface area contributed by atoms with Crippen LogP contribution in [0.1, 0.15) is 16.1 Å². The van der Waals surface area contributed by atoms with Crippen molar-refractivity contribution in [2.24, 2.45) is 0 Å². The molecule has 1 aromatic heterocycles. The number of esters is 1. The van der Waals surface area contributed by atoms with Gasteiger partial charge in [-0.2, -0.15) is 0 Å². The van der Waals surface area contributed by atoms with E-state index in [1.807, 2.05) is 78.9 Å². The van der Waals surface area contributed by atoms with Gasteiger partial charge in [0, 0.05) is 5.56 Å². The Morgan fingerprint density at radius 2 is 1.55 bits per heavy atom. The van der Waals surface area contributed by atoms with E-state index in [1.54, 1.807) is 13.2 Å². The Morgan fingerprint density at radius 3 is 2.28 bits per heavy atom. The summed E-state index contributed by atoms with van der Waals surface area (Å²) >= 11 is 0. The first-order valence-corrected chi connectivity index (χ1v) is 9.17. The third-order valence-corrected chi connectivity index (χ3v) is 4.41. The zero-order valence-electron chi connectivity index (χ0n) is 15.9. The largest absolute Gasteiger partial charge is 0.496 e. The van der Waals surface area contributed by atoms with E-state index in [-0.39, 0.29) is 12.3 Å². The summed E-state index contributed by atoms with van der Waals surface area (Å²) < 4.78 is 16.9. The maximum Gasteiger partial charge on any atom is 0.361 e. The minimum atomic E-state index is -0.555. The number of aromatic nitrogens is 1. The second-order valence-electron chi connectivity index (χ2n) is 6.32. The van der Waals surface area contributed by atoms with Crippen LogP contribution in [-0.2, 0) is 11.3 Å². The quantitative estimate of drug-likeness (QED) is 0.417. The van der Waals surface area contributed by atoms with Crippen LogP contribution in [0.25, 0.3) is 22.8 Å². The molecule has 29 heavy (non-hydrogen) atoms. The average Bonchev–Trinajstić information content (AvgIpc) is 3.24. The number of hydrogen-bond acceptors (Lipinski definition) is 5. The van der Waals surface area contributed by atoms with Crippen molar-refractivity contribution in [2.45, 2.75) is 6.61 Å². The van der Waals surface area contributed by atoms with Gasteiger partial charge < -0.3 is 13.9 Å². The van der Waals surface area contributed by atoms with E-state index in [4.69, 9.17) is 13.9 Å². The van der Waals surface area contributed by atoms with Gasteiger partial charge in [0.05, 0.1) is 12.7 Å². The molecule has 0 bridgehead atoms. The van der Waals surface area contributed by atoms with Crippen LogP contribution in [0, 0.1) is 0 Å². The maximum absolute atomic E-state index is 12.9. The van der Waals surface area contributed by atoms with Crippen molar-refractivity contribution < 1.29 is 18.7 Å². The van der Waals surface area contributed by atoms with Gasteiger partial charge in [-0.15, -0.1) is 0 Å². The fourth-order valence-electron chi connectivity index (χ4n) is 2.97. The molecule has 0 aliphatic heterocycles. The molecule has 0 unspecified atom stereocenters. The second kappa shape index (κ2) is 8.44. The molecule has 0 aliphatic rings. The van der Waals surface area contributed by atoms with Gasteiger partial charge in [-0.1, -0.05) is 60.7 Å². The number of hydrogen-bond donors (Lipinski definition) is 0. The van der Waals surface area contributed by atoms with Crippen LogP contribution < -0.4 is 4.74 Å². The number of para-hydroxylation sites is 1. The second-order valence-corrected chi connectivity index (χ2v) is 6.32. The Balaban J connectivity index is 1.73. The van der Waals surface area contributed by atoms with Gasteiger partial charge >= 0.3 is 5.97 Å². The first kappa shape index (κ1) is 18.5. The van der Waals surface area contributed by atoms with Crippen molar-refractivity contribution in [2.75, 3.05) is 7.11 Å². The standard InChI is InChI=1S/C24H19NO4/c1-27-20-15-9-8-14-19(20)22-21(24(26)28-16-17-10-4-2-5-11-17)25-23(29-22)18-12-6-3-7-13-18/h2-15H,16H2,1H3. The molecule has 0 radical (unpaired) electrons. The Labute approximate surface area is 168 Å². The minimum absolute atomic E-state index is 0.115. The lowest BCUT2D eigenvalue weighted by molar-refractivity contribution is 0.0467. The zero-order chi connectivity index (χ0) is 20.1. The highest BCUT2D eigenvalue weighted by Crippen LogP contribution is 2.35. The number of oxazole rings is 1. The van der Waals surface area contributed by atoms with E-state index < -0.39 is 5.97 Å². The number of methoxy groups -OCH3 is 1. The summed E-state index contributed by atoms with van der Waals surface area (Å²) in [7, 11) is 1.57. The van der Waals surface area contributed by atoms with E-state index in [1.165, 1.54) is 0 Å². The molecule has 3 aromatic carbocycles. The molecule has 5 heteroatoms. The normalized spacial score (nSPS) is 10.5. The van der Waals surface area contributed by atoms with Crippen LogP contribution >= 0.6 is 0 Å². The number of nitrogens with zero attached hydrogens (tertiary/aromatic N) is 1. The molecule has 0 atom stereocenters. The number of ether oxygens (including phenoxy) is 2. The molecule has 0 saturated carbocycles. The Hall–Kier alpha value is -3.86. The van der Waals surface area contributed by atoms with Crippen LogP contribution in [0.5, 0.6) is 5.75 Å². The first-order valence-electron chi connectivity index (χ1n) is 9.17. The fourth-order valence-corrected chi connectivity index (χ4v) is 2.97. The molecule has 144 valence electrons. The lowest BCUT2D eigenvalue weighted by Crippen LogP contribution is -2.07. The summed E-state index contributed by atoms with van der Waals surface area (Å²) in [6.45, 7) is 0.151. The maximum atomic E-state index is 12.9. The topological polar surface area (TPSA) is 61.6 Å². The number of benzene rings is 3. The van der Waals surface area contributed by atoms with Crippen molar-refractivity contribution in [3.05, 3.63) is 96.2 Å². The summed E-state index contributed by atoms with van der Waals surface area (Å²) in [4.78, 5) is 17.3. The highest BCUT2D eigenvalue weighted by molar-refractivity contribution is 5.95. The van der Waals surface area contributed by atoms with Crippen molar-refractivity contribution in [3.63, 3.8) is 0 Å². The van der Waals surface area contributed by atoms with Gasteiger partial charge in [0.1, 0.15) is 12.4 Å². The molecule has 4 rings (SSSR count). The molecule has 0 fully saturated rings. The van der Waals surface area contributed by atoms with Crippen molar-refractivity contribution >= 4 is 5.97 Å². The SMILES string of the molecule is COc1ccccc1-c1oc(-c2ccccc2)nc1C(=O)OCc1ccccc1. The summed E-state index contributed by atoms with van der Waals surface area (Å²) in [5, 5.41) is 0. The molecular formula is C24H19NO4. The Kier molecular flexibility index (Phi) is 5.38. The summed E-state index contributed by atoms with van der Waals surface area (Å²) in [6, 6.07) is 26.2.